The molecule has 242 valence electrons. The van der Waals surface area contributed by atoms with Gasteiger partial charge in [-0.3, -0.25) is 19.0 Å². The molecule has 1 N–H and O–H groups in total. The Balaban J connectivity index is 0.00000480. The van der Waals surface area contributed by atoms with Crippen molar-refractivity contribution in [2.24, 2.45) is 0 Å². The van der Waals surface area contributed by atoms with Gasteiger partial charge in [-0.25, -0.2) is 14.2 Å². The first kappa shape index (κ1) is 32.1. The van der Waals surface area contributed by atoms with E-state index >= 15 is 0 Å². The summed E-state index contributed by atoms with van der Waals surface area (Å²) >= 11 is 0. The molecule has 0 aliphatic carbocycles. The number of halogens is 1. The van der Waals surface area contributed by atoms with Crippen LogP contribution in [0.15, 0.2) is 41.5 Å². The number of piperazine rings is 1. The lowest BCUT2D eigenvalue weighted by Gasteiger charge is -2.35. The second kappa shape index (κ2) is 13.0. The third-order valence-corrected chi connectivity index (χ3v) is 9.08. The molecule has 2 fully saturated rings. The van der Waals surface area contributed by atoms with Crippen LogP contribution in [0.25, 0.3) is 10.9 Å². The van der Waals surface area contributed by atoms with Crippen LogP contribution >= 0.6 is 0 Å². The summed E-state index contributed by atoms with van der Waals surface area (Å²) in [7, 11) is -3.94. The number of ether oxygens (including phenoxy) is 2. The molecule has 0 bridgehead atoms. The molecule has 1 amide bonds. The molecule has 15 heteroatoms. The Labute approximate surface area is 262 Å². The molecule has 2 aromatic carbocycles. The van der Waals surface area contributed by atoms with Crippen LogP contribution in [0.3, 0.4) is 0 Å². The highest BCUT2D eigenvalue weighted by Gasteiger charge is 2.28. The lowest BCUT2D eigenvalue weighted by Crippen LogP contribution is -2.50. The van der Waals surface area contributed by atoms with Crippen molar-refractivity contribution in [3.05, 3.63) is 58.4 Å². The average molecular weight is 644 g/mol. The third kappa shape index (κ3) is 7.52. The van der Waals surface area contributed by atoms with Gasteiger partial charge >= 0.3 is 16.3 Å². The fourth-order valence-electron chi connectivity index (χ4n) is 5.19. The van der Waals surface area contributed by atoms with Crippen LogP contribution in [-0.4, -0.2) is 89.6 Å². The summed E-state index contributed by atoms with van der Waals surface area (Å²) in [6.45, 7) is 9.40. The average Bonchev–Trinajstić information content (AvgIpc) is 3.55. The monoisotopic (exact) mass is 643 g/mol. The lowest BCUT2D eigenvalue weighted by atomic mass is 10.1. The molecule has 0 atom stereocenters. The van der Waals surface area contributed by atoms with Gasteiger partial charge in [-0.15, -0.1) is 0 Å². The zero-order valence-electron chi connectivity index (χ0n) is 25.5. The van der Waals surface area contributed by atoms with Gasteiger partial charge in [0.1, 0.15) is 23.0 Å². The van der Waals surface area contributed by atoms with Crippen molar-refractivity contribution in [3.8, 4) is 17.6 Å². The van der Waals surface area contributed by atoms with E-state index in [9.17, 15) is 27.7 Å². The Hall–Kier alpha value is -4.26. The summed E-state index contributed by atoms with van der Waals surface area (Å²) in [5, 5.41) is 10.1. The van der Waals surface area contributed by atoms with Gasteiger partial charge < -0.3 is 14.4 Å². The van der Waals surface area contributed by atoms with Gasteiger partial charge in [-0.2, -0.15) is 18.0 Å². The Morgan fingerprint density at radius 2 is 1.80 bits per heavy atom. The summed E-state index contributed by atoms with van der Waals surface area (Å²) in [5.41, 5.74) is -0.924. The number of aromatic nitrogens is 2. The summed E-state index contributed by atoms with van der Waals surface area (Å²) in [4.78, 5) is 33.9. The normalized spacial score (nSPS) is 16.5. The number of benzene rings is 2. The van der Waals surface area contributed by atoms with Crippen molar-refractivity contribution >= 4 is 32.9 Å². The van der Waals surface area contributed by atoms with Crippen LogP contribution < -0.4 is 15.0 Å². The summed E-state index contributed by atoms with van der Waals surface area (Å²) < 4.78 is 56.8. The summed E-state index contributed by atoms with van der Waals surface area (Å²) in [5.74, 6) is -1.26. The predicted molar refractivity (Wildman–Crippen MR) is 167 cm³/mol. The molecule has 3 heterocycles. The van der Waals surface area contributed by atoms with E-state index in [0.717, 1.165) is 18.9 Å². The minimum atomic E-state index is -3.94. The quantitative estimate of drug-likeness (QED) is 0.387. The number of carbonyl (C=O) groups is 1. The van der Waals surface area contributed by atoms with E-state index in [-0.39, 0.29) is 35.5 Å². The second-order valence-corrected chi connectivity index (χ2v) is 13.6. The Bertz CT molecular complexity index is 1790. The minimum absolute atomic E-state index is 0. The molecule has 2 aliphatic rings. The topological polar surface area (TPSA) is 150 Å². The van der Waals surface area contributed by atoms with Crippen LogP contribution in [-0.2, 0) is 21.5 Å². The summed E-state index contributed by atoms with van der Waals surface area (Å²) in [6, 6.07) is 8.49. The number of anilines is 1. The third-order valence-electron chi connectivity index (χ3n) is 7.56. The maximum atomic E-state index is 14.9. The smallest absolute Gasteiger partial charge is 0.410 e. The fourth-order valence-corrected chi connectivity index (χ4v) is 6.51. The molecule has 0 saturated carbocycles. The molecular formula is C30H38FN7O6S. The van der Waals surface area contributed by atoms with E-state index in [1.54, 1.807) is 11.0 Å². The van der Waals surface area contributed by atoms with E-state index in [0.29, 0.717) is 57.9 Å². The van der Waals surface area contributed by atoms with Crippen LogP contribution in [0.2, 0.25) is 0 Å². The molecule has 1 aromatic heterocycles. The highest BCUT2D eigenvalue weighted by molar-refractivity contribution is 7.90. The van der Waals surface area contributed by atoms with Gasteiger partial charge in [0.25, 0.3) is 5.56 Å². The lowest BCUT2D eigenvalue weighted by molar-refractivity contribution is 0.0142. The number of nitrogens with one attached hydrogen (secondary N) is 1. The van der Waals surface area contributed by atoms with E-state index < -0.39 is 27.4 Å². The van der Waals surface area contributed by atoms with Gasteiger partial charge in [0.15, 0.2) is 11.6 Å². The van der Waals surface area contributed by atoms with Crippen molar-refractivity contribution in [1.82, 2.24) is 23.7 Å². The molecule has 0 spiro atoms. The SMILES string of the molecule is CC(C)(C)OC(=O)N1CCN(CCn2cnc3ccc(Oc4c(F)ccc(NS(=O)(=O)N5CCCC5)c4C#N)cc3c2=O)CC1.[HH]. The highest BCUT2D eigenvalue weighted by atomic mass is 32.2. The van der Waals surface area contributed by atoms with Gasteiger partial charge in [-0.1, -0.05) is 0 Å². The Kier molecular flexibility index (Phi) is 9.28. The maximum Gasteiger partial charge on any atom is 0.410 e. The zero-order valence-corrected chi connectivity index (χ0v) is 26.3. The fraction of sp³-hybridized carbons (Fsp3) is 0.467. The molecule has 0 unspecified atom stereocenters. The number of rotatable bonds is 8. The van der Waals surface area contributed by atoms with Crippen molar-refractivity contribution in [2.75, 3.05) is 50.5 Å². The molecule has 5 rings (SSSR count). The number of hydrogen-bond donors (Lipinski definition) is 1. The number of amides is 1. The number of hydrogen-bond acceptors (Lipinski definition) is 9. The van der Waals surface area contributed by atoms with E-state index in [1.165, 1.54) is 33.4 Å². The van der Waals surface area contributed by atoms with Crippen molar-refractivity contribution in [1.29, 1.82) is 5.26 Å². The van der Waals surface area contributed by atoms with Crippen molar-refractivity contribution < 1.29 is 28.5 Å². The first-order valence-corrected chi connectivity index (χ1v) is 16.2. The molecular weight excluding hydrogens is 605 g/mol. The van der Waals surface area contributed by atoms with Crippen LogP contribution in [0.5, 0.6) is 11.5 Å². The van der Waals surface area contributed by atoms with E-state index in [1.807, 2.05) is 26.8 Å². The second-order valence-electron chi connectivity index (χ2n) is 12.0. The zero-order chi connectivity index (χ0) is 32.4. The van der Waals surface area contributed by atoms with E-state index in [2.05, 4.69) is 14.6 Å². The molecule has 2 aliphatic heterocycles. The molecule has 0 radical (unpaired) electrons. The van der Waals surface area contributed by atoms with Crippen LogP contribution in [0, 0.1) is 17.1 Å². The molecule has 45 heavy (non-hydrogen) atoms. The standard InChI is InChI=1S/C30H36FN7O6S.H2/c1-30(2,3)44-29(40)36-15-12-35(13-16-36)14-17-37-20-33-25-8-6-21(18-22(25)28(37)39)43-27-23(19-32)26(9-7-24(27)31)34-45(41,42)38-10-4-5-11-38;/h6-9,18,20,34H,4-5,10-17H2,1-3H3;1H. The minimum Gasteiger partial charge on any atom is -0.453 e. The number of nitrogens with zero attached hydrogens (tertiary/aromatic N) is 6. The number of carbonyl (C=O) groups excluding carboxylic acids is 1. The van der Waals surface area contributed by atoms with Crippen LogP contribution in [0.4, 0.5) is 14.9 Å². The van der Waals surface area contributed by atoms with Gasteiger partial charge in [0.2, 0.25) is 0 Å². The van der Waals surface area contributed by atoms with Crippen molar-refractivity contribution in [3.63, 3.8) is 0 Å². The van der Waals surface area contributed by atoms with Crippen molar-refractivity contribution in [2.45, 2.75) is 45.8 Å². The maximum absolute atomic E-state index is 14.9. The first-order chi connectivity index (χ1) is 21.3. The number of fused-ring (bicyclic) bond motifs is 1. The molecule has 3 aromatic rings. The van der Waals surface area contributed by atoms with Gasteiger partial charge in [0.05, 0.1) is 22.9 Å². The Morgan fingerprint density at radius 1 is 1.09 bits per heavy atom. The van der Waals surface area contributed by atoms with Gasteiger partial charge in [0, 0.05) is 53.8 Å². The van der Waals surface area contributed by atoms with E-state index in [4.69, 9.17) is 9.47 Å². The first-order valence-electron chi connectivity index (χ1n) is 14.7. The predicted octanol–water partition coefficient (Wildman–Crippen LogP) is 3.75. The van der Waals surface area contributed by atoms with Gasteiger partial charge in [-0.05, 0) is 63.9 Å². The Morgan fingerprint density at radius 3 is 2.47 bits per heavy atom. The molecule has 13 nitrogen and oxygen atoms in total. The largest absolute Gasteiger partial charge is 0.453 e. The van der Waals surface area contributed by atoms with Crippen LogP contribution in [0.1, 0.15) is 40.6 Å². The highest BCUT2D eigenvalue weighted by Crippen LogP contribution is 2.34. The number of nitriles is 1. The summed E-state index contributed by atoms with van der Waals surface area (Å²) in [6.07, 6.45) is 2.59. The molecule has 2 saturated heterocycles.